The number of hydrogen-bond donors (Lipinski definition) is 2. The molecule has 114 valence electrons. The lowest BCUT2D eigenvalue weighted by Gasteiger charge is -2.07. The molecule has 0 aliphatic rings. The Morgan fingerprint density at radius 1 is 1.23 bits per heavy atom. The monoisotopic (exact) mass is 304 g/mol. The molecule has 2 aromatic carbocycles. The van der Waals surface area contributed by atoms with Crippen LogP contribution in [-0.2, 0) is 6.42 Å². The van der Waals surface area contributed by atoms with Crippen molar-refractivity contribution < 1.29 is 19.2 Å². The summed E-state index contributed by atoms with van der Waals surface area (Å²) in [7, 11) is 0. The van der Waals surface area contributed by atoms with Gasteiger partial charge < -0.3 is 10.4 Å². The van der Waals surface area contributed by atoms with E-state index in [4.69, 9.17) is 5.11 Å². The number of aliphatic hydroxyl groups is 1. The number of nitro groups is 1. The van der Waals surface area contributed by atoms with Crippen LogP contribution in [0.3, 0.4) is 0 Å². The van der Waals surface area contributed by atoms with Crippen molar-refractivity contribution in [2.75, 3.05) is 11.9 Å². The SMILES string of the molecule is O=C(Nc1ccc(CCO)cc1)c1cc(F)ccc1[N+](=O)[O-]. The van der Waals surface area contributed by atoms with Crippen LogP contribution in [0.4, 0.5) is 15.8 Å². The Kier molecular flexibility index (Phi) is 4.80. The molecule has 2 N–H and O–H groups in total. The number of amides is 1. The minimum Gasteiger partial charge on any atom is -0.396 e. The maximum absolute atomic E-state index is 13.2. The van der Waals surface area contributed by atoms with Crippen LogP contribution in [0, 0.1) is 15.9 Å². The predicted molar refractivity (Wildman–Crippen MR) is 78.2 cm³/mol. The minimum atomic E-state index is -0.763. The van der Waals surface area contributed by atoms with Crippen molar-refractivity contribution in [3.63, 3.8) is 0 Å². The molecule has 2 aromatic rings. The zero-order valence-electron chi connectivity index (χ0n) is 11.5. The van der Waals surface area contributed by atoms with Crippen LogP contribution in [0.25, 0.3) is 0 Å². The summed E-state index contributed by atoms with van der Waals surface area (Å²) >= 11 is 0. The van der Waals surface area contributed by atoms with E-state index in [-0.39, 0.29) is 12.2 Å². The van der Waals surface area contributed by atoms with E-state index in [9.17, 15) is 19.3 Å². The van der Waals surface area contributed by atoms with E-state index < -0.39 is 22.3 Å². The summed E-state index contributed by atoms with van der Waals surface area (Å²) in [6, 6.07) is 9.35. The maximum atomic E-state index is 13.2. The average Bonchev–Trinajstić information content (AvgIpc) is 2.49. The first-order valence-corrected chi connectivity index (χ1v) is 6.46. The van der Waals surface area contributed by atoms with E-state index in [0.29, 0.717) is 12.1 Å². The number of nitrogens with zero attached hydrogens (tertiary/aromatic N) is 1. The van der Waals surface area contributed by atoms with Gasteiger partial charge in [-0.2, -0.15) is 0 Å². The van der Waals surface area contributed by atoms with Gasteiger partial charge in [-0.3, -0.25) is 14.9 Å². The fourth-order valence-corrected chi connectivity index (χ4v) is 1.93. The normalized spacial score (nSPS) is 10.3. The Bertz CT molecular complexity index is 701. The van der Waals surface area contributed by atoms with Gasteiger partial charge in [-0.25, -0.2) is 4.39 Å². The summed E-state index contributed by atoms with van der Waals surface area (Å²) in [5.41, 5.74) is 0.503. The van der Waals surface area contributed by atoms with Crippen LogP contribution in [0.5, 0.6) is 0 Å². The van der Waals surface area contributed by atoms with Gasteiger partial charge in [0.15, 0.2) is 0 Å². The molecule has 7 heteroatoms. The highest BCUT2D eigenvalue weighted by atomic mass is 19.1. The number of carbonyl (C=O) groups is 1. The number of halogens is 1. The fraction of sp³-hybridized carbons (Fsp3) is 0.133. The average molecular weight is 304 g/mol. The molecule has 0 bridgehead atoms. The van der Waals surface area contributed by atoms with Crippen molar-refractivity contribution in [1.82, 2.24) is 0 Å². The third kappa shape index (κ3) is 3.64. The lowest BCUT2D eigenvalue weighted by atomic mass is 10.1. The van der Waals surface area contributed by atoms with Gasteiger partial charge in [0.05, 0.1) is 4.92 Å². The van der Waals surface area contributed by atoms with Crippen LogP contribution in [0.1, 0.15) is 15.9 Å². The number of carbonyl (C=O) groups excluding carboxylic acids is 1. The number of nitro benzene ring substituents is 1. The van der Waals surface area contributed by atoms with Crippen LogP contribution < -0.4 is 5.32 Å². The van der Waals surface area contributed by atoms with Gasteiger partial charge in [-0.05, 0) is 36.2 Å². The Labute approximate surface area is 125 Å². The van der Waals surface area contributed by atoms with Gasteiger partial charge in [-0.1, -0.05) is 12.1 Å². The van der Waals surface area contributed by atoms with Crippen molar-refractivity contribution in [2.45, 2.75) is 6.42 Å². The molecule has 1 amide bonds. The van der Waals surface area contributed by atoms with Crippen molar-refractivity contribution in [3.8, 4) is 0 Å². The number of nitrogens with one attached hydrogen (secondary N) is 1. The number of anilines is 1. The third-order valence-electron chi connectivity index (χ3n) is 3.01. The lowest BCUT2D eigenvalue weighted by molar-refractivity contribution is -0.385. The Hall–Kier alpha value is -2.80. The van der Waals surface area contributed by atoms with E-state index in [1.807, 2.05) is 0 Å². The first kappa shape index (κ1) is 15.6. The topological polar surface area (TPSA) is 92.5 Å². The molecule has 2 rings (SSSR count). The van der Waals surface area contributed by atoms with Crippen molar-refractivity contribution in [1.29, 1.82) is 0 Å². The number of rotatable bonds is 5. The van der Waals surface area contributed by atoms with Gasteiger partial charge in [0.2, 0.25) is 0 Å². The van der Waals surface area contributed by atoms with E-state index in [1.165, 1.54) is 0 Å². The minimum absolute atomic E-state index is 0.0151. The smallest absolute Gasteiger partial charge is 0.282 e. The molecule has 0 saturated heterocycles. The first-order valence-electron chi connectivity index (χ1n) is 6.46. The summed E-state index contributed by atoms with van der Waals surface area (Å²) in [5, 5.41) is 22.2. The lowest BCUT2D eigenvalue weighted by Crippen LogP contribution is -2.14. The molecular formula is C15H13FN2O4. The Morgan fingerprint density at radius 3 is 2.50 bits per heavy atom. The first-order chi connectivity index (χ1) is 10.5. The second-order valence-corrected chi connectivity index (χ2v) is 4.54. The molecule has 0 atom stereocenters. The summed E-state index contributed by atoms with van der Waals surface area (Å²) in [5.74, 6) is -1.49. The zero-order valence-corrected chi connectivity index (χ0v) is 11.5. The molecule has 22 heavy (non-hydrogen) atoms. The zero-order chi connectivity index (χ0) is 16.1. The van der Waals surface area contributed by atoms with Gasteiger partial charge in [0.1, 0.15) is 11.4 Å². The molecule has 0 heterocycles. The molecule has 0 aliphatic heterocycles. The molecule has 0 aromatic heterocycles. The number of benzene rings is 2. The van der Waals surface area contributed by atoms with Crippen LogP contribution >= 0.6 is 0 Å². The van der Waals surface area contributed by atoms with Crippen LogP contribution in [0.2, 0.25) is 0 Å². The molecule has 6 nitrogen and oxygen atoms in total. The molecule has 0 fully saturated rings. The van der Waals surface area contributed by atoms with E-state index in [2.05, 4.69) is 5.32 Å². The Balaban J connectivity index is 2.22. The standard InChI is InChI=1S/C15H13FN2O4/c16-11-3-6-14(18(21)22)13(9-11)15(20)17-12-4-1-10(2-5-12)7-8-19/h1-6,9,19H,7-8H2,(H,17,20). The molecule has 0 aliphatic carbocycles. The molecule has 0 unspecified atom stereocenters. The van der Waals surface area contributed by atoms with Crippen molar-refractivity contribution in [3.05, 3.63) is 69.5 Å². The van der Waals surface area contributed by atoms with Crippen molar-refractivity contribution in [2.24, 2.45) is 0 Å². The molecule has 0 radical (unpaired) electrons. The molecule has 0 spiro atoms. The van der Waals surface area contributed by atoms with E-state index in [1.54, 1.807) is 24.3 Å². The summed E-state index contributed by atoms with van der Waals surface area (Å²) in [4.78, 5) is 22.2. The van der Waals surface area contributed by atoms with Gasteiger partial charge in [0, 0.05) is 18.4 Å². The quantitative estimate of drug-likeness (QED) is 0.655. The highest BCUT2D eigenvalue weighted by Crippen LogP contribution is 2.21. The number of aliphatic hydroxyl groups excluding tert-OH is 1. The maximum Gasteiger partial charge on any atom is 0.282 e. The van der Waals surface area contributed by atoms with E-state index >= 15 is 0 Å². The highest BCUT2D eigenvalue weighted by Gasteiger charge is 2.20. The second-order valence-electron chi connectivity index (χ2n) is 4.54. The third-order valence-corrected chi connectivity index (χ3v) is 3.01. The molecule has 0 saturated carbocycles. The number of hydrogen-bond acceptors (Lipinski definition) is 4. The highest BCUT2D eigenvalue weighted by molar-refractivity contribution is 6.07. The van der Waals surface area contributed by atoms with Crippen LogP contribution in [0.15, 0.2) is 42.5 Å². The fourth-order valence-electron chi connectivity index (χ4n) is 1.93. The molecular weight excluding hydrogens is 291 g/mol. The summed E-state index contributed by atoms with van der Waals surface area (Å²) in [6.45, 7) is 0.0151. The van der Waals surface area contributed by atoms with Crippen molar-refractivity contribution >= 4 is 17.3 Å². The Morgan fingerprint density at radius 2 is 1.91 bits per heavy atom. The van der Waals surface area contributed by atoms with E-state index in [0.717, 1.165) is 23.8 Å². The second kappa shape index (κ2) is 6.77. The summed E-state index contributed by atoms with van der Waals surface area (Å²) in [6.07, 6.45) is 0.490. The van der Waals surface area contributed by atoms with Crippen LogP contribution in [-0.4, -0.2) is 22.5 Å². The predicted octanol–water partition coefficient (Wildman–Crippen LogP) is 2.52. The summed E-state index contributed by atoms with van der Waals surface area (Å²) < 4.78 is 13.2. The largest absolute Gasteiger partial charge is 0.396 e. The van der Waals surface area contributed by atoms with Gasteiger partial charge in [0.25, 0.3) is 11.6 Å². The van der Waals surface area contributed by atoms with Gasteiger partial charge in [-0.15, -0.1) is 0 Å². The van der Waals surface area contributed by atoms with Gasteiger partial charge >= 0.3 is 0 Å².